The van der Waals surface area contributed by atoms with Gasteiger partial charge < -0.3 is 0 Å². The Labute approximate surface area is 123 Å². The molecule has 1 saturated heterocycles. The van der Waals surface area contributed by atoms with E-state index in [0.717, 1.165) is 24.1 Å². The van der Waals surface area contributed by atoms with Crippen molar-refractivity contribution in [1.29, 1.82) is 5.26 Å². The maximum atomic E-state index is 8.79. The summed E-state index contributed by atoms with van der Waals surface area (Å²) in [4.78, 5) is 4.66. The predicted molar refractivity (Wildman–Crippen MR) is 80.7 cm³/mol. The number of nitrogens with zero attached hydrogens (tertiary/aromatic N) is 3. The molecule has 0 radical (unpaired) electrons. The van der Waals surface area contributed by atoms with Crippen LogP contribution in [0.1, 0.15) is 18.4 Å². The van der Waals surface area contributed by atoms with Gasteiger partial charge in [-0.3, -0.25) is 9.80 Å². The summed E-state index contributed by atoms with van der Waals surface area (Å²) >= 11 is 3.52. The number of hydrogen-bond donors (Lipinski definition) is 0. The highest BCUT2D eigenvalue weighted by Crippen LogP contribution is 2.18. The van der Waals surface area contributed by atoms with Crippen LogP contribution in [0.25, 0.3) is 0 Å². The molecule has 1 aromatic carbocycles. The monoisotopic (exact) mass is 321 g/mol. The van der Waals surface area contributed by atoms with Crippen LogP contribution < -0.4 is 0 Å². The molecule has 1 aliphatic rings. The molecule has 0 amide bonds. The van der Waals surface area contributed by atoms with Crippen LogP contribution in [0.5, 0.6) is 0 Å². The maximum absolute atomic E-state index is 8.79. The third kappa shape index (κ3) is 4.31. The van der Waals surface area contributed by atoms with Crippen molar-refractivity contribution in [2.45, 2.75) is 25.4 Å². The van der Waals surface area contributed by atoms with E-state index < -0.39 is 0 Å². The number of rotatable bonds is 4. The van der Waals surface area contributed by atoms with Crippen LogP contribution in [-0.4, -0.2) is 42.5 Å². The van der Waals surface area contributed by atoms with Gasteiger partial charge in [0.2, 0.25) is 0 Å². The standard InChI is InChI=1S/C15H20BrN3/c1-18(9-7-17)15-6-3-8-19(12-15)11-13-4-2-5-14(16)10-13/h2,4-5,10,15H,3,6,8-9,11-12H2,1H3. The summed E-state index contributed by atoms with van der Waals surface area (Å²) in [6.45, 7) is 3.74. The molecule has 1 aliphatic heterocycles. The molecule has 0 saturated carbocycles. The molecule has 1 fully saturated rings. The van der Waals surface area contributed by atoms with Crippen LogP contribution in [0, 0.1) is 11.3 Å². The molecule has 4 heteroatoms. The molecule has 102 valence electrons. The van der Waals surface area contributed by atoms with Gasteiger partial charge in [0.05, 0.1) is 12.6 Å². The zero-order chi connectivity index (χ0) is 13.7. The second kappa shape index (κ2) is 7.04. The Hall–Kier alpha value is -0.890. The summed E-state index contributed by atoms with van der Waals surface area (Å²) in [5, 5.41) is 8.79. The molecule has 0 N–H and O–H groups in total. The summed E-state index contributed by atoms with van der Waals surface area (Å²) < 4.78 is 1.14. The van der Waals surface area contributed by atoms with Crippen molar-refractivity contribution in [3.8, 4) is 6.07 Å². The average molecular weight is 322 g/mol. The van der Waals surface area contributed by atoms with E-state index in [2.05, 4.69) is 63.1 Å². The molecular formula is C15H20BrN3. The van der Waals surface area contributed by atoms with Crippen molar-refractivity contribution in [3.05, 3.63) is 34.3 Å². The third-order valence-electron chi connectivity index (χ3n) is 3.72. The second-order valence-electron chi connectivity index (χ2n) is 5.23. The van der Waals surface area contributed by atoms with Crippen molar-refractivity contribution >= 4 is 15.9 Å². The van der Waals surface area contributed by atoms with E-state index in [0.29, 0.717) is 12.6 Å². The van der Waals surface area contributed by atoms with Gasteiger partial charge in [0, 0.05) is 23.6 Å². The van der Waals surface area contributed by atoms with Gasteiger partial charge in [0.25, 0.3) is 0 Å². The minimum atomic E-state index is 0.514. The first-order valence-electron chi connectivity index (χ1n) is 6.73. The molecule has 1 aromatic rings. The van der Waals surface area contributed by atoms with Crippen molar-refractivity contribution in [1.82, 2.24) is 9.80 Å². The number of likely N-dealkylation sites (N-methyl/N-ethyl adjacent to an activating group) is 1. The molecule has 2 rings (SSSR count). The number of piperidine rings is 1. The van der Waals surface area contributed by atoms with Gasteiger partial charge in [-0.15, -0.1) is 0 Å². The smallest absolute Gasteiger partial charge is 0.0866 e. The first-order valence-corrected chi connectivity index (χ1v) is 7.52. The maximum Gasteiger partial charge on any atom is 0.0866 e. The van der Waals surface area contributed by atoms with Crippen molar-refractivity contribution < 1.29 is 0 Å². The number of benzene rings is 1. The van der Waals surface area contributed by atoms with Gasteiger partial charge in [0.15, 0.2) is 0 Å². The Morgan fingerprint density at radius 3 is 3.11 bits per heavy atom. The fourth-order valence-corrected chi connectivity index (χ4v) is 3.12. The summed E-state index contributed by atoms with van der Waals surface area (Å²) in [5.74, 6) is 0. The van der Waals surface area contributed by atoms with Crippen LogP contribution >= 0.6 is 15.9 Å². The molecule has 19 heavy (non-hydrogen) atoms. The highest BCUT2D eigenvalue weighted by Gasteiger charge is 2.22. The molecule has 3 nitrogen and oxygen atoms in total. The Bertz CT molecular complexity index is 455. The second-order valence-corrected chi connectivity index (χ2v) is 6.15. The first kappa shape index (κ1) is 14.5. The van der Waals surface area contributed by atoms with Gasteiger partial charge in [-0.2, -0.15) is 5.26 Å². The number of hydrogen-bond acceptors (Lipinski definition) is 3. The van der Waals surface area contributed by atoms with E-state index in [1.807, 2.05) is 0 Å². The lowest BCUT2D eigenvalue weighted by Gasteiger charge is -2.36. The highest BCUT2D eigenvalue weighted by atomic mass is 79.9. The fourth-order valence-electron chi connectivity index (χ4n) is 2.67. The van der Waals surface area contributed by atoms with Gasteiger partial charge >= 0.3 is 0 Å². The van der Waals surface area contributed by atoms with E-state index in [1.54, 1.807) is 0 Å². The predicted octanol–water partition coefficient (Wildman–Crippen LogP) is 2.87. The molecule has 0 aliphatic carbocycles. The number of halogens is 1. The lowest BCUT2D eigenvalue weighted by atomic mass is 10.0. The summed E-state index contributed by atoms with van der Waals surface area (Å²) in [7, 11) is 2.05. The van der Waals surface area contributed by atoms with Crippen LogP contribution in [0.15, 0.2) is 28.7 Å². The zero-order valence-corrected chi connectivity index (χ0v) is 12.9. The molecule has 1 heterocycles. The number of nitriles is 1. The lowest BCUT2D eigenvalue weighted by Crippen LogP contribution is -2.46. The van der Waals surface area contributed by atoms with E-state index in [1.165, 1.54) is 18.4 Å². The molecule has 0 spiro atoms. The minimum absolute atomic E-state index is 0.514. The van der Waals surface area contributed by atoms with E-state index in [4.69, 9.17) is 5.26 Å². The largest absolute Gasteiger partial charge is 0.298 e. The molecule has 0 aromatic heterocycles. The molecule has 1 unspecified atom stereocenters. The summed E-state index contributed by atoms with van der Waals surface area (Å²) in [6, 6.07) is 11.3. The van der Waals surface area contributed by atoms with Crippen LogP contribution in [0.4, 0.5) is 0 Å². The Balaban J connectivity index is 1.92. The van der Waals surface area contributed by atoms with Gasteiger partial charge in [0.1, 0.15) is 0 Å². The van der Waals surface area contributed by atoms with Crippen LogP contribution in [0.2, 0.25) is 0 Å². The minimum Gasteiger partial charge on any atom is -0.298 e. The molecule has 1 atom stereocenters. The molecular weight excluding hydrogens is 302 g/mol. The van der Waals surface area contributed by atoms with E-state index in [9.17, 15) is 0 Å². The fraction of sp³-hybridized carbons (Fsp3) is 0.533. The van der Waals surface area contributed by atoms with Gasteiger partial charge in [-0.05, 0) is 44.1 Å². The number of likely N-dealkylation sites (tertiary alicyclic amines) is 1. The zero-order valence-electron chi connectivity index (χ0n) is 11.3. The normalized spacial score (nSPS) is 20.4. The topological polar surface area (TPSA) is 30.3 Å². The third-order valence-corrected chi connectivity index (χ3v) is 4.21. The van der Waals surface area contributed by atoms with Crippen LogP contribution in [-0.2, 0) is 6.54 Å². The van der Waals surface area contributed by atoms with Crippen molar-refractivity contribution in [3.63, 3.8) is 0 Å². The first-order chi connectivity index (χ1) is 9.19. The lowest BCUT2D eigenvalue weighted by molar-refractivity contribution is 0.120. The van der Waals surface area contributed by atoms with Crippen LogP contribution in [0.3, 0.4) is 0 Å². The summed E-state index contributed by atoms with van der Waals surface area (Å²) in [6.07, 6.45) is 2.42. The van der Waals surface area contributed by atoms with Gasteiger partial charge in [-0.1, -0.05) is 28.1 Å². The Morgan fingerprint density at radius 2 is 2.37 bits per heavy atom. The average Bonchev–Trinajstić information content (AvgIpc) is 2.39. The van der Waals surface area contributed by atoms with Crippen molar-refractivity contribution in [2.75, 3.05) is 26.7 Å². The van der Waals surface area contributed by atoms with E-state index >= 15 is 0 Å². The highest BCUT2D eigenvalue weighted by molar-refractivity contribution is 9.10. The summed E-state index contributed by atoms with van der Waals surface area (Å²) in [5.41, 5.74) is 1.35. The Kier molecular flexibility index (Phi) is 5.38. The SMILES string of the molecule is CN(CC#N)C1CCCN(Cc2cccc(Br)c2)C1. The molecule has 0 bridgehead atoms. The van der Waals surface area contributed by atoms with Gasteiger partial charge in [-0.25, -0.2) is 0 Å². The Morgan fingerprint density at radius 1 is 1.53 bits per heavy atom. The van der Waals surface area contributed by atoms with E-state index in [-0.39, 0.29) is 0 Å². The quantitative estimate of drug-likeness (QED) is 0.799. The van der Waals surface area contributed by atoms with Crippen molar-refractivity contribution in [2.24, 2.45) is 0 Å².